The molecule has 1 N–H and O–H groups in total. The quantitative estimate of drug-likeness (QED) is 0.741. The summed E-state index contributed by atoms with van der Waals surface area (Å²) >= 11 is 6.19. The third-order valence-electron chi connectivity index (χ3n) is 7.95. The lowest BCUT2D eigenvalue weighted by molar-refractivity contribution is -0.113. The first-order valence-electron chi connectivity index (χ1n) is 11.2. The van der Waals surface area contributed by atoms with Crippen molar-refractivity contribution in [2.24, 2.45) is 16.7 Å². The van der Waals surface area contributed by atoms with E-state index in [0.717, 1.165) is 37.1 Å². The van der Waals surface area contributed by atoms with Crippen LogP contribution in [0.3, 0.4) is 0 Å². The predicted octanol–water partition coefficient (Wildman–Crippen LogP) is 4.36. The summed E-state index contributed by atoms with van der Waals surface area (Å²) < 4.78 is 6.38. The Hall–Kier alpha value is -0.810. The van der Waals surface area contributed by atoms with Crippen molar-refractivity contribution >= 4 is 17.3 Å². The summed E-state index contributed by atoms with van der Waals surface area (Å²) in [6, 6.07) is 6.10. The Labute approximate surface area is 181 Å². The highest BCUT2D eigenvalue weighted by molar-refractivity contribution is 6.30. The number of hydrogen-bond donors (Lipinski definition) is 1. The van der Waals surface area contributed by atoms with E-state index in [1.54, 1.807) is 0 Å². The minimum atomic E-state index is -0.423. The van der Waals surface area contributed by atoms with E-state index in [-0.39, 0.29) is 11.5 Å². The second-order valence-corrected chi connectivity index (χ2v) is 10.9. The van der Waals surface area contributed by atoms with Crippen LogP contribution in [0, 0.1) is 23.7 Å². The number of aliphatic hydroxyl groups excluding tert-OH is 1. The number of benzene rings is 1. The van der Waals surface area contributed by atoms with Gasteiger partial charge in [-0.25, -0.2) is 0 Å². The van der Waals surface area contributed by atoms with Gasteiger partial charge in [0, 0.05) is 43.4 Å². The first kappa shape index (κ1) is 21.4. The summed E-state index contributed by atoms with van der Waals surface area (Å²) in [4.78, 5) is 4.76. The van der Waals surface area contributed by atoms with Crippen molar-refractivity contribution in [1.29, 1.82) is 0 Å². The molecule has 2 saturated carbocycles. The molecule has 4 nitrogen and oxygen atoms in total. The molecule has 2 bridgehead atoms. The molecule has 3 aliphatic rings. The van der Waals surface area contributed by atoms with Crippen molar-refractivity contribution in [3.05, 3.63) is 28.8 Å². The van der Waals surface area contributed by atoms with Gasteiger partial charge in [0.2, 0.25) is 0 Å². The minimum absolute atomic E-state index is 0.229. The molecule has 0 aromatic heterocycles. The topological polar surface area (TPSA) is 35.9 Å². The van der Waals surface area contributed by atoms with Gasteiger partial charge in [0.15, 0.2) is 0 Å². The fraction of sp³-hybridized carbons (Fsp3) is 0.750. The molecule has 1 saturated heterocycles. The Morgan fingerprint density at radius 2 is 1.93 bits per heavy atom. The van der Waals surface area contributed by atoms with E-state index in [1.807, 2.05) is 6.07 Å². The molecule has 1 aromatic carbocycles. The molecular weight excluding hydrogens is 384 g/mol. The predicted molar refractivity (Wildman–Crippen MR) is 120 cm³/mol. The van der Waals surface area contributed by atoms with Crippen LogP contribution >= 0.6 is 11.6 Å². The molecule has 0 amide bonds. The van der Waals surface area contributed by atoms with Crippen molar-refractivity contribution < 1.29 is 9.84 Å². The Kier molecular flexibility index (Phi) is 5.93. The molecule has 4 rings (SSSR count). The molecule has 3 fully saturated rings. The van der Waals surface area contributed by atoms with Crippen molar-refractivity contribution in [3.63, 3.8) is 0 Å². The van der Waals surface area contributed by atoms with E-state index in [4.69, 9.17) is 16.3 Å². The molecule has 1 heterocycles. The number of halogens is 1. The zero-order valence-corrected chi connectivity index (χ0v) is 19.2. The fourth-order valence-electron chi connectivity index (χ4n) is 6.32. The molecule has 0 spiro atoms. The van der Waals surface area contributed by atoms with Crippen LogP contribution in [0.5, 0.6) is 0 Å². The number of rotatable bonds is 6. The van der Waals surface area contributed by atoms with Crippen molar-refractivity contribution in [3.8, 4) is 0 Å². The first-order chi connectivity index (χ1) is 13.7. The molecule has 29 heavy (non-hydrogen) atoms. The van der Waals surface area contributed by atoms with Crippen LogP contribution < -0.4 is 4.90 Å². The average molecular weight is 421 g/mol. The summed E-state index contributed by atoms with van der Waals surface area (Å²) in [5.74, 6) is 0.776. The molecular formula is C24H37ClN2O2. The summed E-state index contributed by atoms with van der Waals surface area (Å²) in [6.07, 6.45) is 3.74. The first-order valence-corrected chi connectivity index (χ1v) is 11.6. The average Bonchev–Trinajstić information content (AvgIpc) is 3.15. The highest BCUT2D eigenvalue weighted by Gasteiger charge is 2.60. The zero-order chi connectivity index (χ0) is 20.8. The van der Waals surface area contributed by atoms with Crippen LogP contribution in [-0.4, -0.2) is 61.5 Å². The Morgan fingerprint density at radius 1 is 1.21 bits per heavy atom. The lowest BCUT2D eigenvalue weighted by Crippen LogP contribution is -2.50. The maximum absolute atomic E-state index is 10.7. The van der Waals surface area contributed by atoms with Crippen molar-refractivity contribution in [2.75, 3.05) is 44.2 Å². The summed E-state index contributed by atoms with van der Waals surface area (Å²) in [7, 11) is 0. The molecule has 2 aliphatic carbocycles. The molecule has 5 heteroatoms. The molecule has 0 radical (unpaired) electrons. The SMILES string of the molecule is Cc1ccc(Cl)cc1N1CCN(C[C@H](O)CO[C@H]2C(C)(C)[C@H]3CC[C@@]2(C)C3)CC1. The molecule has 0 unspecified atom stereocenters. The lowest BCUT2D eigenvalue weighted by Gasteiger charge is -2.43. The van der Waals surface area contributed by atoms with Gasteiger partial charge in [-0.15, -0.1) is 0 Å². The van der Waals surface area contributed by atoms with E-state index in [1.165, 1.54) is 30.5 Å². The van der Waals surface area contributed by atoms with Gasteiger partial charge in [0.25, 0.3) is 0 Å². The van der Waals surface area contributed by atoms with Gasteiger partial charge in [-0.05, 0) is 60.6 Å². The smallest absolute Gasteiger partial charge is 0.0900 e. The maximum atomic E-state index is 10.7. The normalized spacial score (nSPS) is 32.7. The zero-order valence-electron chi connectivity index (χ0n) is 18.5. The molecule has 162 valence electrons. The third-order valence-corrected chi connectivity index (χ3v) is 8.18. The van der Waals surface area contributed by atoms with Crippen LogP contribution in [0.1, 0.15) is 45.6 Å². The number of aliphatic hydroxyl groups is 1. The van der Waals surface area contributed by atoms with E-state index in [2.05, 4.69) is 49.6 Å². The van der Waals surface area contributed by atoms with Gasteiger partial charge in [-0.3, -0.25) is 4.90 Å². The summed E-state index contributed by atoms with van der Waals surface area (Å²) in [5.41, 5.74) is 3.02. The Balaban J connectivity index is 1.25. The number of hydrogen-bond acceptors (Lipinski definition) is 4. The molecule has 1 aliphatic heterocycles. The number of anilines is 1. The molecule has 4 atom stereocenters. The number of fused-ring (bicyclic) bond motifs is 2. The van der Waals surface area contributed by atoms with Gasteiger partial charge in [-0.2, -0.15) is 0 Å². The highest BCUT2D eigenvalue weighted by Crippen LogP contribution is 2.63. The van der Waals surface area contributed by atoms with Crippen molar-refractivity contribution in [2.45, 2.75) is 59.2 Å². The van der Waals surface area contributed by atoms with Gasteiger partial charge in [0.1, 0.15) is 0 Å². The number of ether oxygens (including phenoxy) is 1. The summed E-state index contributed by atoms with van der Waals surface area (Å²) in [6.45, 7) is 14.2. The molecule has 1 aromatic rings. The van der Waals surface area contributed by atoms with Gasteiger partial charge in [-0.1, -0.05) is 38.4 Å². The number of aryl methyl sites for hydroxylation is 1. The largest absolute Gasteiger partial charge is 0.389 e. The number of β-amino-alcohol motifs (C(OH)–C–C–N with tert-alkyl or cyclic N) is 1. The monoisotopic (exact) mass is 420 g/mol. The number of nitrogens with zero attached hydrogens (tertiary/aromatic N) is 2. The lowest BCUT2D eigenvalue weighted by atomic mass is 9.70. The van der Waals surface area contributed by atoms with Crippen molar-refractivity contribution in [1.82, 2.24) is 4.90 Å². The highest BCUT2D eigenvalue weighted by atomic mass is 35.5. The number of piperazine rings is 1. The van der Waals surface area contributed by atoms with Gasteiger partial charge in [0.05, 0.1) is 18.8 Å². The van der Waals surface area contributed by atoms with Gasteiger partial charge >= 0.3 is 0 Å². The fourth-order valence-corrected chi connectivity index (χ4v) is 6.49. The summed E-state index contributed by atoms with van der Waals surface area (Å²) in [5, 5.41) is 11.4. The van der Waals surface area contributed by atoms with Gasteiger partial charge < -0.3 is 14.7 Å². The standard InChI is InChI=1S/C24H37ClN2O2/c1-17-5-6-19(25)13-21(17)27-11-9-26(10-12-27)15-20(28)16-29-22-23(2,3)18-7-8-24(22,4)14-18/h5-6,13,18,20,22,28H,7-12,14-16H2,1-4H3/t18-,20-,22-,24-/m0/s1. The van der Waals surface area contributed by atoms with E-state index >= 15 is 0 Å². The Morgan fingerprint density at radius 3 is 2.59 bits per heavy atom. The van der Waals surface area contributed by atoms with Crippen LogP contribution in [0.15, 0.2) is 18.2 Å². The van der Waals surface area contributed by atoms with Crippen LogP contribution in [0.25, 0.3) is 0 Å². The van der Waals surface area contributed by atoms with E-state index in [9.17, 15) is 5.11 Å². The van der Waals surface area contributed by atoms with Crippen LogP contribution in [0.2, 0.25) is 5.02 Å². The van der Waals surface area contributed by atoms with Crippen LogP contribution in [0.4, 0.5) is 5.69 Å². The maximum Gasteiger partial charge on any atom is 0.0900 e. The second kappa shape index (κ2) is 8.03. The second-order valence-electron chi connectivity index (χ2n) is 10.5. The third kappa shape index (κ3) is 4.19. The van der Waals surface area contributed by atoms with E-state index < -0.39 is 6.10 Å². The Bertz CT molecular complexity index is 727. The van der Waals surface area contributed by atoms with Crippen LogP contribution in [-0.2, 0) is 4.74 Å². The van der Waals surface area contributed by atoms with E-state index in [0.29, 0.717) is 18.6 Å². The minimum Gasteiger partial charge on any atom is -0.389 e.